The average Bonchev–Trinajstić information content (AvgIpc) is 2.18. The van der Waals surface area contributed by atoms with Gasteiger partial charge < -0.3 is 9.84 Å². The fourth-order valence-corrected chi connectivity index (χ4v) is 1.40. The smallest absolute Gasteiger partial charge is 0.337 e. The number of ether oxygens (including phenoxy) is 1. The number of carboxylic acid groups (broad SMARTS) is 1. The van der Waals surface area contributed by atoms with E-state index in [1.54, 1.807) is 6.08 Å². The summed E-state index contributed by atoms with van der Waals surface area (Å²) in [5.74, 6) is -0.788. The Hall–Kier alpha value is -1.19. The summed E-state index contributed by atoms with van der Waals surface area (Å²) in [4.78, 5) is 10.7. The first kappa shape index (κ1) is 11.9. The molecule has 0 aromatic heterocycles. The van der Waals surface area contributed by atoms with Crippen LogP contribution in [0.25, 0.3) is 0 Å². The monoisotopic (exact) mass is 246 g/mol. The Kier molecular flexibility index (Phi) is 4.00. The molecule has 1 aromatic carbocycles. The van der Waals surface area contributed by atoms with Gasteiger partial charge in [-0.3, -0.25) is 0 Å². The highest BCUT2D eigenvalue weighted by Crippen LogP contribution is 2.31. The molecule has 5 heteroatoms. The summed E-state index contributed by atoms with van der Waals surface area (Å²) in [6.45, 7) is 3.76. The first-order valence-corrected chi connectivity index (χ1v) is 4.78. The van der Waals surface area contributed by atoms with Gasteiger partial charge in [-0.1, -0.05) is 35.9 Å². The van der Waals surface area contributed by atoms with Crippen LogP contribution in [0.1, 0.15) is 10.4 Å². The third-order valence-electron chi connectivity index (χ3n) is 1.61. The van der Waals surface area contributed by atoms with E-state index in [0.29, 0.717) is 5.75 Å². The molecule has 0 spiro atoms. The van der Waals surface area contributed by atoms with Crippen molar-refractivity contribution >= 4 is 29.2 Å². The molecule has 15 heavy (non-hydrogen) atoms. The average molecular weight is 247 g/mol. The Morgan fingerprint density at radius 2 is 2.13 bits per heavy atom. The lowest BCUT2D eigenvalue weighted by molar-refractivity contribution is 0.0697. The van der Waals surface area contributed by atoms with Crippen LogP contribution in [0.5, 0.6) is 5.75 Å². The molecule has 80 valence electrons. The number of hydrogen-bond acceptors (Lipinski definition) is 2. The Morgan fingerprint density at radius 1 is 1.47 bits per heavy atom. The minimum atomic E-state index is -1.13. The highest BCUT2D eigenvalue weighted by Gasteiger charge is 2.13. The van der Waals surface area contributed by atoms with Crippen LogP contribution in [-0.2, 0) is 0 Å². The number of benzene rings is 1. The van der Waals surface area contributed by atoms with E-state index in [2.05, 4.69) is 6.58 Å². The summed E-state index contributed by atoms with van der Waals surface area (Å²) in [5, 5.41) is 9.05. The van der Waals surface area contributed by atoms with E-state index in [4.69, 9.17) is 33.0 Å². The highest BCUT2D eigenvalue weighted by atomic mass is 35.5. The second-order valence-electron chi connectivity index (χ2n) is 2.67. The molecule has 0 bridgehead atoms. The van der Waals surface area contributed by atoms with Gasteiger partial charge in [0.2, 0.25) is 0 Å². The number of carbonyl (C=O) groups is 1. The standard InChI is InChI=1S/C10H8Cl2O3/c1-2-3-15-9-5-7(11)6(10(13)14)4-8(9)12/h2,4-5H,1,3H2,(H,13,14). The van der Waals surface area contributed by atoms with Gasteiger partial charge in [0, 0.05) is 6.07 Å². The van der Waals surface area contributed by atoms with E-state index in [1.165, 1.54) is 12.1 Å². The van der Waals surface area contributed by atoms with Crippen LogP contribution in [0.15, 0.2) is 24.8 Å². The van der Waals surface area contributed by atoms with Crippen LogP contribution >= 0.6 is 23.2 Å². The summed E-state index contributed by atoms with van der Waals surface area (Å²) < 4.78 is 5.17. The zero-order chi connectivity index (χ0) is 11.4. The normalized spacial score (nSPS) is 9.73. The van der Waals surface area contributed by atoms with Crippen molar-refractivity contribution in [3.63, 3.8) is 0 Å². The molecule has 1 rings (SSSR count). The lowest BCUT2D eigenvalue weighted by Gasteiger charge is -2.07. The van der Waals surface area contributed by atoms with Gasteiger partial charge in [0.1, 0.15) is 12.4 Å². The Bertz CT molecular complexity index is 402. The molecule has 0 radical (unpaired) electrons. The molecule has 0 unspecified atom stereocenters. The van der Waals surface area contributed by atoms with E-state index in [-0.39, 0.29) is 22.2 Å². The van der Waals surface area contributed by atoms with Gasteiger partial charge >= 0.3 is 5.97 Å². The van der Waals surface area contributed by atoms with Crippen molar-refractivity contribution in [2.24, 2.45) is 0 Å². The predicted molar refractivity (Wildman–Crippen MR) is 59.1 cm³/mol. The largest absolute Gasteiger partial charge is 0.488 e. The van der Waals surface area contributed by atoms with Crippen molar-refractivity contribution in [1.82, 2.24) is 0 Å². The zero-order valence-corrected chi connectivity index (χ0v) is 9.18. The highest BCUT2D eigenvalue weighted by molar-refractivity contribution is 6.36. The fourth-order valence-electron chi connectivity index (χ4n) is 0.952. The molecule has 0 aliphatic carbocycles. The van der Waals surface area contributed by atoms with Crippen LogP contribution < -0.4 is 4.74 Å². The first-order chi connectivity index (χ1) is 7.06. The number of aromatic carboxylic acids is 1. The third kappa shape index (κ3) is 2.88. The van der Waals surface area contributed by atoms with Crippen molar-refractivity contribution in [1.29, 1.82) is 0 Å². The summed E-state index contributed by atoms with van der Waals surface area (Å²) in [6, 6.07) is 2.63. The lowest BCUT2D eigenvalue weighted by Crippen LogP contribution is -2.00. The molecular formula is C10H8Cl2O3. The molecule has 0 saturated heterocycles. The molecule has 1 aromatic rings. The topological polar surface area (TPSA) is 46.5 Å². The second-order valence-corrected chi connectivity index (χ2v) is 3.48. The van der Waals surface area contributed by atoms with Crippen LogP contribution in [0.3, 0.4) is 0 Å². The maximum absolute atomic E-state index is 10.7. The van der Waals surface area contributed by atoms with Crippen molar-refractivity contribution in [3.05, 3.63) is 40.4 Å². The van der Waals surface area contributed by atoms with E-state index >= 15 is 0 Å². The van der Waals surface area contributed by atoms with Gasteiger partial charge in [-0.15, -0.1) is 0 Å². The van der Waals surface area contributed by atoms with Crippen molar-refractivity contribution < 1.29 is 14.6 Å². The van der Waals surface area contributed by atoms with Crippen molar-refractivity contribution in [2.75, 3.05) is 6.61 Å². The summed E-state index contributed by atoms with van der Waals surface area (Å²) in [7, 11) is 0. The number of hydrogen-bond donors (Lipinski definition) is 1. The Morgan fingerprint density at radius 3 is 2.67 bits per heavy atom. The molecule has 0 atom stereocenters. The second kappa shape index (κ2) is 5.05. The van der Waals surface area contributed by atoms with E-state index in [9.17, 15) is 4.79 Å². The van der Waals surface area contributed by atoms with E-state index in [0.717, 1.165) is 0 Å². The van der Waals surface area contributed by atoms with Gasteiger partial charge in [-0.2, -0.15) is 0 Å². The first-order valence-electron chi connectivity index (χ1n) is 4.02. The third-order valence-corrected chi connectivity index (χ3v) is 2.22. The summed E-state index contributed by atoms with van der Waals surface area (Å²) >= 11 is 11.5. The number of rotatable bonds is 4. The molecule has 3 nitrogen and oxygen atoms in total. The van der Waals surface area contributed by atoms with Crippen molar-refractivity contribution in [3.8, 4) is 5.75 Å². The van der Waals surface area contributed by atoms with Crippen LogP contribution in [0.4, 0.5) is 0 Å². The number of carboxylic acids is 1. The molecule has 0 fully saturated rings. The zero-order valence-electron chi connectivity index (χ0n) is 7.67. The molecule has 0 amide bonds. The van der Waals surface area contributed by atoms with Gasteiger partial charge in [-0.05, 0) is 6.07 Å². The van der Waals surface area contributed by atoms with Gasteiger partial charge in [0.15, 0.2) is 0 Å². The maximum Gasteiger partial charge on any atom is 0.337 e. The van der Waals surface area contributed by atoms with Crippen LogP contribution in [0, 0.1) is 0 Å². The molecular weight excluding hydrogens is 239 g/mol. The molecule has 0 saturated carbocycles. The molecule has 0 heterocycles. The molecule has 1 N–H and O–H groups in total. The minimum absolute atomic E-state index is 0.0485. The molecule has 0 aliphatic heterocycles. The van der Waals surface area contributed by atoms with Crippen molar-refractivity contribution in [2.45, 2.75) is 0 Å². The Balaban J connectivity index is 3.07. The number of halogens is 2. The molecule has 0 aliphatic rings. The van der Waals surface area contributed by atoms with E-state index < -0.39 is 5.97 Å². The minimum Gasteiger partial charge on any atom is -0.488 e. The predicted octanol–water partition coefficient (Wildman–Crippen LogP) is 3.26. The van der Waals surface area contributed by atoms with Gasteiger partial charge in [0.05, 0.1) is 15.6 Å². The fraction of sp³-hybridized carbons (Fsp3) is 0.100. The SMILES string of the molecule is C=CCOc1cc(Cl)c(C(=O)O)cc1Cl. The Labute approximate surface area is 96.9 Å². The summed E-state index contributed by atoms with van der Waals surface area (Å²) in [6.07, 6.45) is 1.55. The van der Waals surface area contributed by atoms with Crippen LogP contribution in [0.2, 0.25) is 10.0 Å². The maximum atomic E-state index is 10.7. The van der Waals surface area contributed by atoms with Gasteiger partial charge in [-0.25, -0.2) is 4.79 Å². The van der Waals surface area contributed by atoms with Crippen LogP contribution in [-0.4, -0.2) is 17.7 Å². The summed E-state index contributed by atoms with van der Waals surface area (Å²) in [5.41, 5.74) is -0.0485. The van der Waals surface area contributed by atoms with E-state index in [1.807, 2.05) is 0 Å². The quantitative estimate of drug-likeness (QED) is 0.830. The van der Waals surface area contributed by atoms with Gasteiger partial charge in [0.25, 0.3) is 0 Å². The lowest BCUT2D eigenvalue weighted by atomic mass is 10.2.